The fourth-order valence-corrected chi connectivity index (χ4v) is 2.71. The number of carboxylic acids is 1. The van der Waals surface area contributed by atoms with E-state index in [1.807, 2.05) is 52.5 Å². The zero-order valence-corrected chi connectivity index (χ0v) is 9.65. The maximum absolute atomic E-state index is 11.4. The van der Waals surface area contributed by atoms with Crippen molar-refractivity contribution in [2.45, 2.75) is 0 Å². The molecule has 17 heavy (non-hydrogen) atoms. The molecule has 84 valence electrons. The van der Waals surface area contributed by atoms with Gasteiger partial charge in [-0.25, -0.2) is 4.79 Å². The van der Waals surface area contributed by atoms with Crippen LogP contribution in [0.5, 0.6) is 0 Å². The maximum Gasteiger partial charge on any atom is 0.338 e. The van der Waals surface area contributed by atoms with Crippen LogP contribution in [0.4, 0.5) is 0 Å². The molecule has 0 bridgehead atoms. The standard InChI is InChI=1S/C13H9NO2S/c15-13(16)12-9(11-5-3-7-17-11)8-14-6-2-1-4-10(12)14/h1-8H,(H,15,16). The molecule has 1 N–H and O–H groups in total. The second-order valence-corrected chi connectivity index (χ2v) is 4.64. The molecule has 3 aromatic rings. The summed E-state index contributed by atoms with van der Waals surface area (Å²) in [5, 5.41) is 11.3. The Morgan fingerprint density at radius 1 is 1.24 bits per heavy atom. The van der Waals surface area contributed by atoms with E-state index in [2.05, 4.69) is 0 Å². The molecular formula is C13H9NO2S. The molecular weight excluding hydrogens is 234 g/mol. The lowest BCUT2D eigenvalue weighted by atomic mass is 10.1. The van der Waals surface area contributed by atoms with Crippen LogP contribution in [-0.2, 0) is 0 Å². The normalized spacial score (nSPS) is 10.8. The van der Waals surface area contributed by atoms with Crippen LogP contribution in [-0.4, -0.2) is 15.5 Å². The third-order valence-corrected chi connectivity index (χ3v) is 3.59. The van der Waals surface area contributed by atoms with Crippen molar-refractivity contribution in [3.63, 3.8) is 0 Å². The van der Waals surface area contributed by atoms with Crippen molar-refractivity contribution in [3.8, 4) is 10.4 Å². The first-order chi connectivity index (χ1) is 8.27. The molecule has 0 atom stereocenters. The number of aromatic carboxylic acids is 1. The van der Waals surface area contributed by atoms with Crippen molar-refractivity contribution in [1.82, 2.24) is 4.40 Å². The number of pyridine rings is 1. The lowest BCUT2D eigenvalue weighted by Gasteiger charge is -1.96. The van der Waals surface area contributed by atoms with Gasteiger partial charge in [-0.1, -0.05) is 12.1 Å². The summed E-state index contributed by atoms with van der Waals surface area (Å²) >= 11 is 1.55. The number of carbonyl (C=O) groups is 1. The van der Waals surface area contributed by atoms with Crippen LogP contribution in [0.1, 0.15) is 10.4 Å². The van der Waals surface area contributed by atoms with E-state index in [0.717, 1.165) is 16.0 Å². The van der Waals surface area contributed by atoms with Gasteiger partial charge in [0.15, 0.2) is 0 Å². The van der Waals surface area contributed by atoms with Gasteiger partial charge in [0.1, 0.15) is 0 Å². The van der Waals surface area contributed by atoms with Crippen LogP contribution in [0.2, 0.25) is 0 Å². The summed E-state index contributed by atoms with van der Waals surface area (Å²) < 4.78 is 1.85. The van der Waals surface area contributed by atoms with Gasteiger partial charge in [-0.2, -0.15) is 0 Å². The Morgan fingerprint density at radius 3 is 2.82 bits per heavy atom. The number of hydrogen-bond acceptors (Lipinski definition) is 2. The molecule has 0 fully saturated rings. The molecule has 0 radical (unpaired) electrons. The topological polar surface area (TPSA) is 41.7 Å². The molecule has 0 saturated heterocycles. The van der Waals surface area contributed by atoms with Crippen molar-refractivity contribution in [2.24, 2.45) is 0 Å². The van der Waals surface area contributed by atoms with Gasteiger partial charge in [0.05, 0.1) is 11.1 Å². The average molecular weight is 243 g/mol. The smallest absolute Gasteiger partial charge is 0.338 e. The van der Waals surface area contributed by atoms with Gasteiger partial charge < -0.3 is 9.51 Å². The monoisotopic (exact) mass is 243 g/mol. The van der Waals surface area contributed by atoms with Crippen LogP contribution in [0.25, 0.3) is 16.0 Å². The summed E-state index contributed by atoms with van der Waals surface area (Å²) in [4.78, 5) is 12.4. The van der Waals surface area contributed by atoms with Gasteiger partial charge in [0.2, 0.25) is 0 Å². The molecule has 3 nitrogen and oxygen atoms in total. The lowest BCUT2D eigenvalue weighted by molar-refractivity contribution is 0.0700. The van der Waals surface area contributed by atoms with Crippen molar-refractivity contribution in [1.29, 1.82) is 0 Å². The minimum atomic E-state index is -0.887. The van der Waals surface area contributed by atoms with Gasteiger partial charge in [-0.3, -0.25) is 0 Å². The van der Waals surface area contributed by atoms with Crippen LogP contribution in [0.3, 0.4) is 0 Å². The number of rotatable bonds is 2. The van der Waals surface area contributed by atoms with Gasteiger partial charge in [0.25, 0.3) is 0 Å². The summed E-state index contributed by atoms with van der Waals surface area (Å²) in [5.41, 5.74) is 1.87. The largest absolute Gasteiger partial charge is 0.478 e. The number of carboxylic acid groups (broad SMARTS) is 1. The molecule has 3 heterocycles. The average Bonchev–Trinajstić information content (AvgIpc) is 2.95. The third kappa shape index (κ3) is 1.54. The molecule has 0 saturated carbocycles. The number of aromatic nitrogens is 1. The molecule has 0 aliphatic carbocycles. The summed E-state index contributed by atoms with van der Waals surface area (Å²) in [6, 6.07) is 9.41. The van der Waals surface area contributed by atoms with E-state index in [1.165, 1.54) is 0 Å². The fraction of sp³-hybridized carbons (Fsp3) is 0. The Balaban J connectivity index is 2.38. The van der Waals surface area contributed by atoms with Crippen molar-refractivity contribution >= 4 is 22.8 Å². The second-order valence-electron chi connectivity index (χ2n) is 3.69. The highest BCUT2D eigenvalue weighted by molar-refractivity contribution is 7.13. The first-order valence-electron chi connectivity index (χ1n) is 5.14. The highest BCUT2D eigenvalue weighted by Gasteiger charge is 2.18. The predicted octanol–water partition coefficient (Wildman–Crippen LogP) is 3.37. The summed E-state index contributed by atoms with van der Waals surface area (Å²) in [6.07, 6.45) is 3.73. The summed E-state index contributed by atoms with van der Waals surface area (Å²) in [7, 11) is 0. The molecule has 3 aromatic heterocycles. The number of hydrogen-bond donors (Lipinski definition) is 1. The fourth-order valence-electron chi connectivity index (χ4n) is 1.97. The van der Waals surface area contributed by atoms with Crippen LogP contribution in [0, 0.1) is 0 Å². The molecule has 0 aromatic carbocycles. The highest BCUT2D eigenvalue weighted by Crippen LogP contribution is 2.31. The van der Waals surface area contributed by atoms with E-state index in [1.54, 1.807) is 11.3 Å². The van der Waals surface area contributed by atoms with E-state index in [4.69, 9.17) is 0 Å². The summed E-state index contributed by atoms with van der Waals surface area (Å²) in [6.45, 7) is 0. The Hall–Kier alpha value is -2.07. The molecule has 0 amide bonds. The van der Waals surface area contributed by atoms with Gasteiger partial charge in [0, 0.05) is 22.8 Å². The second kappa shape index (κ2) is 3.75. The Labute approximate surface area is 102 Å². The van der Waals surface area contributed by atoms with E-state index in [9.17, 15) is 9.90 Å². The minimum Gasteiger partial charge on any atom is -0.478 e. The first kappa shape index (κ1) is 10.1. The van der Waals surface area contributed by atoms with Crippen LogP contribution < -0.4 is 0 Å². The van der Waals surface area contributed by atoms with Crippen molar-refractivity contribution < 1.29 is 9.90 Å². The minimum absolute atomic E-state index is 0.369. The van der Waals surface area contributed by atoms with Gasteiger partial charge >= 0.3 is 5.97 Å². The number of thiophene rings is 1. The maximum atomic E-state index is 11.4. The molecule has 0 spiro atoms. The van der Waals surface area contributed by atoms with Gasteiger partial charge in [-0.15, -0.1) is 11.3 Å². The molecule has 0 aliphatic heterocycles. The molecule has 3 rings (SSSR count). The van der Waals surface area contributed by atoms with Crippen LogP contribution >= 0.6 is 11.3 Å². The molecule has 4 heteroatoms. The quantitative estimate of drug-likeness (QED) is 0.749. The van der Waals surface area contributed by atoms with E-state index in [0.29, 0.717) is 5.56 Å². The first-order valence-corrected chi connectivity index (χ1v) is 6.02. The van der Waals surface area contributed by atoms with Gasteiger partial charge in [-0.05, 0) is 23.6 Å². The molecule has 0 unspecified atom stereocenters. The van der Waals surface area contributed by atoms with Crippen LogP contribution in [0.15, 0.2) is 48.1 Å². The highest BCUT2D eigenvalue weighted by atomic mass is 32.1. The zero-order valence-electron chi connectivity index (χ0n) is 8.83. The lowest BCUT2D eigenvalue weighted by Crippen LogP contribution is -1.97. The number of fused-ring (bicyclic) bond motifs is 1. The SMILES string of the molecule is O=C(O)c1c(-c2cccs2)cn2ccccc12. The number of nitrogens with zero attached hydrogens (tertiary/aromatic N) is 1. The molecule has 0 aliphatic rings. The van der Waals surface area contributed by atoms with E-state index < -0.39 is 5.97 Å². The Bertz CT molecular complexity index is 683. The zero-order chi connectivity index (χ0) is 11.8. The summed E-state index contributed by atoms with van der Waals surface area (Å²) in [5.74, 6) is -0.887. The Morgan fingerprint density at radius 2 is 2.12 bits per heavy atom. The van der Waals surface area contributed by atoms with Crippen molar-refractivity contribution in [2.75, 3.05) is 0 Å². The predicted molar refractivity (Wildman–Crippen MR) is 67.7 cm³/mol. The van der Waals surface area contributed by atoms with E-state index >= 15 is 0 Å². The Kier molecular flexibility index (Phi) is 2.23. The third-order valence-electron chi connectivity index (χ3n) is 2.68. The van der Waals surface area contributed by atoms with E-state index in [-0.39, 0.29) is 0 Å². The van der Waals surface area contributed by atoms with Crippen molar-refractivity contribution in [3.05, 3.63) is 53.7 Å².